The summed E-state index contributed by atoms with van der Waals surface area (Å²) in [5.74, 6) is -0.242. The lowest BCUT2D eigenvalue weighted by Crippen LogP contribution is -2.71. The van der Waals surface area contributed by atoms with Crippen LogP contribution in [0.4, 0.5) is 4.79 Å². The van der Waals surface area contributed by atoms with E-state index in [-0.39, 0.29) is 30.8 Å². The first kappa shape index (κ1) is 27.5. The molecule has 36 heavy (non-hydrogen) atoms. The van der Waals surface area contributed by atoms with Gasteiger partial charge in [0.1, 0.15) is 18.2 Å². The first-order chi connectivity index (χ1) is 17.0. The number of halogens is 1. The minimum atomic E-state index is -0.809. The van der Waals surface area contributed by atoms with Gasteiger partial charge >= 0.3 is 6.09 Å². The molecule has 3 N–H and O–H groups in total. The topological polar surface area (TPSA) is 99.8 Å². The molecule has 2 fully saturated rings. The average molecular weight is 515 g/mol. The lowest BCUT2D eigenvalue weighted by molar-refractivity contribution is -0.143. The number of piperidine rings is 1. The third-order valence-corrected chi connectivity index (χ3v) is 6.84. The molecule has 3 amide bonds. The Bertz CT molecular complexity index is 997. The minimum absolute atomic E-state index is 0. The molecule has 2 aliphatic rings. The molecule has 9 heteroatoms. The van der Waals surface area contributed by atoms with Gasteiger partial charge in [-0.1, -0.05) is 60.7 Å². The van der Waals surface area contributed by atoms with Gasteiger partial charge in [0, 0.05) is 26.2 Å². The van der Waals surface area contributed by atoms with E-state index in [4.69, 9.17) is 4.74 Å². The van der Waals surface area contributed by atoms with Gasteiger partial charge in [-0.2, -0.15) is 0 Å². The van der Waals surface area contributed by atoms with Crippen LogP contribution in [0.15, 0.2) is 60.7 Å². The van der Waals surface area contributed by atoms with Gasteiger partial charge in [0.15, 0.2) is 0 Å². The summed E-state index contributed by atoms with van der Waals surface area (Å²) in [5, 5.41) is 8.64. The summed E-state index contributed by atoms with van der Waals surface area (Å²) < 4.78 is 5.18. The van der Waals surface area contributed by atoms with Gasteiger partial charge in [0.25, 0.3) is 0 Å². The lowest BCUT2D eigenvalue weighted by Gasteiger charge is -2.45. The van der Waals surface area contributed by atoms with Crippen LogP contribution in [-0.2, 0) is 27.4 Å². The van der Waals surface area contributed by atoms with Crippen molar-refractivity contribution in [2.24, 2.45) is 0 Å². The van der Waals surface area contributed by atoms with E-state index >= 15 is 0 Å². The summed E-state index contributed by atoms with van der Waals surface area (Å²) >= 11 is 0. The Kier molecular flexibility index (Phi) is 10.1. The predicted octanol–water partition coefficient (Wildman–Crippen LogP) is 2.81. The number of hydrogen-bond acceptors (Lipinski definition) is 5. The number of carbonyl (C=O) groups is 3. The molecular formula is C27H35ClN4O4. The van der Waals surface area contributed by atoms with Gasteiger partial charge in [0.05, 0.1) is 0 Å². The molecule has 2 aromatic rings. The van der Waals surface area contributed by atoms with Crippen LogP contribution in [0.25, 0.3) is 0 Å². The highest BCUT2D eigenvalue weighted by molar-refractivity contribution is 5.99. The smallest absolute Gasteiger partial charge is 0.407 e. The number of nitrogens with zero attached hydrogens (tertiary/aromatic N) is 1. The second-order valence-electron chi connectivity index (χ2n) is 9.31. The molecule has 0 saturated carbocycles. The number of nitrogens with one attached hydrogen (secondary N) is 3. The van der Waals surface area contributed by atoms with Crippen molar-refractivity contribution in [1.82, 2.24) is 20.9 Å². The third-order valence-electron chi connectivity index (χ3n) is 6.84. The largest absolute Gasteiger partial charge is 0.445 e. The summed E-state index contributed by atoms with van der Waals surface area (Å²) in [6.45, 7) is 3.08. The summed E-state index contributed by atoms with van der Waals surface area (Å²) in [7, 11) is 0. The Morgan fingerprint density at radius 3 is 2.31 bits per heavy atom. The molecule has 2 aliphatic heterocycles. The van der Waals surface area contributed by atoms with E-state index in [0.29, 0.717) is 32.2 Å². The summed E-state index contributed by atoms with van der Waals surface area (Å²) in [6.07, 6.45) is 2.71. The van der Waals surface area contributed by atoms with Gasteiger partial charge in [-0.3, -0.25) is 9.59 Å². The van der Waals surface area contributed by atoms with Crippen LogP contribution in [0.3, 0.4) is 0 Å². The Morgan fingerprint density at radius 2 is 1.64 bits per heavy atom. The van der Waals surface area contributed by atoms with Gasteiger partial charge in [-0.15, -0.1) is 12.4 Å². The number of likely N-dealkylation sites (tertiary alicyclic amines) is 1. The second-order valence-corrected chi connectivity index (χ2v) is 9.31. The highest BCUT2D eigenvalue weighted by Crippen LogP contribution is 2.26. The van der Waals surface area contributed by atoms with E-state index in [1.807, 2.05) is 48.5 Å². The molecule has 0 unspecified atom stereocenters. The van der Waals surface area contributed by atoms with E-state index in [9.17, 15) is 14.4 Å². The molecule has 0 bridgehead atoms. The molecular weight excluding hydrogens is 480 g/mol. The first-order valence-electron chi connectivity index (χ1n) is 12.4. The quantitative estimate of drug-likeness (QED) is 0.447. The second kappa shape index (κ2) is 13.3. The zero-order valence-corrected chi connectivity index (χ0v) is 21.2. The fourth-order valence-corrected chi connectivity index (χ4v) is 4.66. The molecule has 8 nitrogen and oxygen atoms in total. The van der Waals surface area contributed by atoms with Crippen LogP contribution >= 0.6 is 12.4 Å². The highest BCUT2D eigenvalue weighted by Gasteiger charge is 2.47. The fourth-order valence-electron chi connectivity index (χ4n) is 4.66. The number of ether oxygens (including phenoxy) is 1. The zero-order chi connectivity index (χ0) is 24.5. The van der Waals surface area contributed by atoms with Crippen LogP contribution in [0.2, 0.25) is 0 Å². The molecule has 2 heterocycles. The Morgan fingerprint density at radius 1 is 1.00 bits per heavy atom. The van der Waals surface area contributed by atoms with Crippen molar-refractivity contribution >= 4 is 30.3 Å². The van der Waals surface area contributed by atoms with Gasteiger partial charge in [-0.05, 0) is 43.2 Å². The van der Waals surface area contributed by atoms with Crippen molar-refractivity contribution in [2.45, 2.75) is 50.3 Å². The van der Waals surface area contributed by atoms with Crippen LogP contribution in [0.5, 0.6) is 0 Å². The summed E-state index contributed by atoms with van der Waals surface area (Å²) in [4.78, 5) is 39.9. The van der Waals surface area contributed by atoms with E-state index in [2.05, 4.69) is 33.0 Å². The van der Waals surface area contributed by atoms with Crippen molar-refractivity contribution in [2.75, 3.05) is 26.2 Å². The zero-order valence-electron chi connectivity index (χ0n) is 20.4. The van der Waals surface area contributed by atoms with Crippen molar-refractivity contribution in [1.29, 1.82) is 0 Å². The number of benzene rings is 2. The Labute approximate surface area is 218 Å². The third kappa shape index (κ3) is 7.45. The fraction of sp³-hybridized carbons (Fsp3) is 0.444. The highest BCUT2D eigenvalue weighted by atomic mass is 35.5. The summed E-state index contributed by atoms with van der Waals surface area (Å²) in [5.41, 5.74) is 1.41. The lowest BCUT2D eigenvalue weighted by atomic mass is 9.83. The Hall–Kier alpha value is -3.10. The van der Waals surface area contributed by atoms with Crippen molar-refractivity contribution < 1.29 is 19.1 Å². The van der Waals surface area contributed by atoms with Crippen molar-refractivity contribution in [3.63, 3.8) is 0 Å². The molecule has 0 aromatic heterocycles. The monoisotopic (exact) mass is 514 g/mol. The predicted molar refractivity (Wildman–Crippen MR) is 140 cm³/mol. The van der Waals surface area contributed by atoms with E-state index in [0.717, 1.165) is 31.6 Å². The van der Waals surface area contributed by atoms with Crippen LogP contribution in [0, 0.1) is 0 Å². The van der Waals surface area contributed by atoms with E-state index in [1.165, 1.54) is 5.56 Å². The van der Waals surface area contributed by atoms with Gasteiger partial charge in [-0.25, -0.2) is 4.79 Å². The first-order valence-corrected chi connectivity index (χ1v) is 12.4. The Balaban J connectivity index is 0.00000361. The maximum Gasteiger partial charge on any atom is 0.407 e. The van der Waals surface area contributed by atoms with E-state index < -0.39 is 17.7 Å². The number of hydrogen-bond donors (Lipinski definition) is 3. The average Bonchev–Trinajstić information content (AvgIpc) is 2.89. The van der Waals surface area contributed by atoms with Gasteiger partial charge in [0.2, 0.25) is 11.8 Å². The maximum absolute atomic E-state index is 12.9. The van der Waals surface area contributed by atoms with E-state index in [1.54, 1.807) is 0 Å². The molecule has 2 saturated heterocycles. The molecule has 1 spiro atoms. The standard InChI is InChI=1S/C27H34N4O4.ClH/c32-24-23(12-7-16-28-26(34)35-20-22-10-5-2-6-11-22)29-25(33)27(30-24)14-18-31(19-15-27)17-13-21-8-3-1-4-9-21;/h1-6,8-11,23H,7,12-20H2,(H,28,34)(H,29,33)(H,30,32);1H/t23-;/m0./s1. The van der Waals surface area contributed by atoms with Gasteiger partial charge < -0.3 is 25.6 Å². The SMILES string of the molecule is Cl.O=C(NCCC[C@@H]1NC(=O)C2(CCN(CCc3ccccc3)CC2)NC1=O)OCc1ccccc1. The number of rotatable bonds is 9. The molecule has 2 aromatic carbocycles. The number of alkyl carbamates (subject to hydrolysis) is 1. The minimum Gasteiger partial charge on any atom is -0.445 e. The summed E-state index contributed by atoms with van der Waals surface area (Å²) in [6, 6.07) is 19.3. The normalized spacial score (nSPS) is 19.1. The maximum atomic E-state index is 12.9. The van der Waals surface area contributed by atoms with Crippen molar-refractivity contribution in [3.8, 4) is 0 Å². The van der Waals surface area contributed by atoms with Crippen LogP contribution < -0.4 is 16.0 Å². The van der Waals surface area contributed by atoms with Crippen molar-refractivity contribution in [3.05, 3.63) is 71.8 Å². The molecule has 0 radical (unpaired) electrons. The van der Waals surface area contributed by atoms with Crippen LogP contribution in [0.1, 0.15) is 36.8 Å². The molecule has 4 rings (SSSR count). The van der Waals surface area contributed by atoms with Crippen LogP contribution in [-0.4, -0.2) is 60.6 Å². The number of amides is 3. The molecule has 0 aliphatic carbocycles. The number of carbonyl (C=O) groups excluding carboxylic acids is 3. The molecule has 194 valence electrons. The molecule has 1 atom stereocenters. The number of piperazine rings is 1.